The van der Waals surface area contributed by atoms with Crippen LogP contribution in [-0.2, 0) is 0 Å². The lowest BCUT2D eigenvalue weighted by molar-refractivity contribution is 0.462. The second kappa shape index (κ2) is 3.38. The van der Waals surface area contributed by atoms with Gasteiger partial charge in [-0.3, -0.25) is 0 Å². The highest BCUT2D eigenvalue weighted by Gasteiger charge is 2.32. The van der Waals surface area contributed by atoms with Crippen molar-refractivity contribution < 1.29 is 0 Å². The molecule has 60 valence electrons. The number of nitrogens with one attached hydrogen (secondary N) is 1. The monoisotopic (exact) mass is 141 g/mol. The average Bonchev–Trinajstić information content (AvgIpc) is 2.47. The molecule has 1 heteroatoms. The summed E-state index contributed by atoms with van der Waals surface area (Å²) in [5.41, 5.74) is 0. The van der Waals surface area contributed by atoms with Crippen LogP contribution in [0.15, 0.2) is 0 Å². The highest BCUT2D eigenvalue weighted by atomic mass is 14.8. The van der Waals surface area contributed by atoms with Gasteiger partial charge in [0, 0.05) is 0 Å². The van der Waals surface area contributed by atoms with Crippen LogP contribution in [0.5, 0.6) is 0 Å². The topological polar surface area (TPSA) is 12.0 Å². The number of hydrogen-bond donors (Lipinski definition) is 1. The first-order valence-electron chi connectivity index (χ1n) is 4.38. The first kappa shape index (κ1) is 8.06. The van der Waals surface area contributed by atoms with Gasteiger partial charge < -0.3 is 5.32 Å². The van der Waals surface area contributed by atoms with E-state index in [1.807, 2.05) is 7.05 Å². The van der Waals surface area contributed by atoms with Gasteiger partial charge in [-0.2, -0.15) is 0 Å². The Morgan fingerprint density at radius 2 is 2.20 bits per heavy atom. The molecule has 1 aliphatic rings. The predicted octanol–water partition coefficient (Wildman–Crippen LogP) is 1.89. The molecule has 10 heavy (non-hydrogen) atoms. The molecule has 0 heterocycles. The van der Waals surface area contributed by atoms with Crippen molar-refractivity contribution in [3.63, 3.8) is 0 Å². The molecule has 1 N–H and O–H groups in total. The minimum atomic E-state index is 0.875. The van der Waals surface area contributed by atoms with Crippen LogP contribution in [0, 0.1) is 17.8 Å². The third-order valence-corrected chi connectivity index (χ3v) is 2.53. The van der Waals surface area contributed by atoms with E-state index in [4.69, 9.17) is 0 Å². The number of rotatable bonds is 4. The van der Waals surface area contributed by atoms with Crippen molar-refractivity contribution in [2.75, 3.05) is 13.6 Å². The van der Waals surface area contributed by atoms with Crippen molar-refractivity contribution >= 4 is 0 Å². The summed E-state index contributed by atoms with van der Waals surface area (Å²) in [4.78, 5) is 0. The Hall–Kier alpha value is -0.0400. The molecule has 3 unspecified atom stereocenters. The Kier molecular flexibility index (Phi) is 2.72. The zero-order valence-corrected chi connectivity index (χ0v) is 7.35. The van der Waals surface area contributed by atoms with E-state index in [1.54, 1.807) is 0 Å². The molecule has 0 amide bonds. The zero-order chi connectivity index (χ0) is 7.56. The molecular formula is C9H19N. The van der Waals surface area contributed by atoms with E-state index in [2.05, 4.69) is 19.2 Å². The molecule has 1 nitrogen and oxygen atoms in total. The molecule has 0 aromatic rings. The maximum Gasteiger partial charge on any atom is -0.00261 e. The molecule has 0 aliphatic heterocycles. The Morgan fingerprint density at radius 3 is 2.60 bits per heavy atom. The predicted molar refractivity (Wildman–Crippen MR) is 45.0 cm³/mol. The van der Waals surface area contributed by atoms with Gasteiger partial charge in [-0.15, -0.1) is 0 Å². The van der Waals surface area contributed by atoms with Crippen LogP contribution in [0.4, 0.5) is 0 Å². The third-order valence-electron chi connectivity index (χ3n) is 2.53. The molecule has 1 saturated carbocycles. The van der Waals surface area contributed by atoms with Crippen molar-refractivity contribution in [3.8, 4) is 0 Å². The summed E-state index contributed by atoms with van der Waals surface area (Å²) < 4.78 is 0. The summed E-state index contributed by atoms with van der Waals surface area (Å²) >= 11 is 0. The van der Waals surface area contributed by atoms with Crippen molar-refractivity contribution in [1.29, 1.82) is 0 Å². The lowest BCUT2D eigenvalue weighted by Gasteiger charge is -2.08. The van der Waals surface area contributed by atoms with E-state index in [-0.39, 0.29) is 0 Å². The summed E-state index contributed by atoms with van der Waals surface area (Å²) in [6.45, 7) is 5.88. The van der Waals surface area contributed by atoms with Crippen molar-refractivity contribution in [1.82, 2.24) is 5.32 Å². The fraction of sp³-hybridized carbons (Fsp3) is 1.00. The summed E-state index contributed by atoms with van der Waals surface area (Å²) in [5.74, 6) is 2.96. The van der Waals surface area contributed by atoms with Crippen LogP contribution in [0.25, 0.3) is 0 Å². The van der Waals surface area contributed by atoms with E-state index in [0.717, 1.165) is 17.8 Å². The molecule has 0 radical (unpaired) electrons. The van der Waals surface area contributed by atoms with Crippen molar-refractivity contribution in [3.05, 3.63) is 0 Å². The maximum absolute atomic E-state index is 3.22. The van der Waals surface area contributed by atoms with Crippen LogP contribution < -0.4 is 5.32 Å². The highest BCUT2D eigenvalue weighted by molar-refractivity contribution is 4.83. The second-order valence-corrected chi connectivity index (χ2v) is 3.87. The highest BCUT2D eigenvalue weighted by Crippen LogP contribution is 2.42. The first-order chi connectivity index (χ1) is 4.74. The van der Waals surface area contributed by atoms with Crippen molar-refractivity contribution in [2.45, 2.75) is 26.7 Å². The van der Waals surface area contributed by atoms with Crippen molar-refractivity contribution in [2.24, 2.45) is 17.8 Å². The summed E-state index contributed by atoms with van der Waals surface area (Å²) in [6, 6.07) is 0. The molecule has 0 saturated heterocycles. The second-order valence-electron chi connectivity index (χ2n) is 3.87. The molecule has 0 bridgehead atoms. The first-order valence-corrected chi connectivity index (χ1v) is 4.38. The van der Waals surface area contributed by atoms with Gasteiger partial charge in [0.1, 0.15) is 0 Å². The van der Waals surface area contributed by atoms with Crippen LogP contribution in [0.2, 0.25) is 0 Å². The van der Waals surface area contributed by atoms with E-state index < -0.39 is 0 Å². The van der Waals surface area contributed by atoms with Crippen LogP contribution >= 0.6 is 0 Å². The van der Waals surface area contributed by atoms with Crippen LogP contribution in [-0.4, -0.2) is 13.6 Å². The van der Waals surface area contributed by atoms with Gasteiger partial charge in [-0.25, -0.2) is 0 Å². The summed E-state index contributed by atoms with van der Waals surface area (Å²) in [6.07, 6.45) is 2.91. The van der Waals surface area contributed by atoms with Gasteiger partial charge in [-0.05, 0) is 44.2 Å². The van der Waals surface area contributed by atoms with Gasteiger partial charge >= 0.3 is 0 Å². The molecule has 1 fully saturated rings. The Labute approximate surface area is 64.2 Å². The quantitative estimate of drug-likeness (QED) is 0.630. The summed E-state index contributed by atoms with van der Waals surface area (Å²) in [7, 11) is 2.03. The number of hydrogen-bond acceptors (Lipinski definition) is 1. The molecule has 0 aromatic heterocycles. The lowest BCUT2D eigenvalue weighted by Crippen LogP contribution is -2.16. The molecule has 0 aromatic carbocycles. The molecular weight excluding hydrogens is 122 g/mol. The Morgan fingerprint density at radius 1 is 1.60 bits per heavy atom. The Balaban J connectivity index is 2.01. The largest absolute Gasteiger partial charge is 0.319 e. The minimum Gasteiger partial charge on any atom is -0.319 e. The maximum atomic E-state index is 3.22. The smallest absolute Gasteiger partial charge is 0.00261 e. The van der Waals surface area contributed by atoms with Gasteiger partial charge in [0.05, 0.1) is 0 Å². The van der Waals surface area contributed by atoms with E-state index in [9.17, 15) is 0 Å². The van der Waals surface area contributed by atoms with Gasteiger partial charge in [-0.1, -0.05) is 13.8 Å². The third kappa shape index (κ3) is 2.30. The molecule has 1 aliphatic carbocycles. The van der Waals surface area contributed by atoms with Crippen LogP contribution in [0.1, 0.15) is 26.7 Å². The van der Waals surface area contributed by atoms with Crippen LogP contribution in [0.3, 0.4) is 0 Å². The minimum absolute atomic E-state index is 0.875. The average molecular weight is 141 g/mol. The lowest BCUT2D eigenvalue weighted by atomic mass is 10.0. The fourth-order valence-corrected chi connectivity index (χ4v) is 1.68. The van der Waals surface area contributed by atoms with Gasteiger partial charge in [0.2, 0.25) is 0 Å². The van der Waals surface area contributed by atoms with E-state index in [1.165, 1.54) is 19.4 Å². The molecule has 1 rings (SSSR count). The summed E-state index contributed by atoms with van der Waals surface area (Å²) in [5, 5.41) is 3.22. The molecule has 0 spiro atoms. The zero-order valence-electron chi connectivity index (χ0n) is 7.35. The van der Waals surface area contributed by atoms with Gasteiger partial charge in [0.15, 0.2) is 0 Å². The van der Waals surface area contributed by atoms with E-state index >= 15 is 0 Å². The SMILES string of the molecule is CNCC(C)CC1CC1C. The molecule has 3 atom stereocenters. The fourth-order valence-electron chi connectivity index (χ4n) is 1.68. The van der Waals surface area contributed by atoms with Gasteiger partial charge in [0.25, 0.3) is 0 Å². The normalized spacial score (nSPS) is 33.9. The Bertz CT molecular complexity index is 101. The van der Waals surface area contributed by atoms with E-state index in [0.29, 0.717) is 0 Å². The standard InChI is InChI=1S/C9H19N/c1-7(6-10-3)4-9-5-8(9)2/h7-10H,4-6H2,1-3H3.